The molecule has 2 aromatic rings. The summed E-state index contributed by atoms with van der Waals surface area (Å²) in [5.74, 6) is 2.48. The van der Waals surface area contributed by atoms with E-state index in [0.717, 1.165) is 44.3 Å². The molecule has 1 aliphatic rings. The van der Waals surface area contributed by atoms with Crippen LogP contribution in [0.2, 0.25) is 0 Å². The van der Waals surface area contributed by atoms with Crippen LogP contribution in [0.4, 0.5) is 0 Å². The summed E-state index contributed by atoms with van der Waals surface area (Å²) >= 11 is 1.89. The number of aliphatic imine (C=N–C) groups is 1. The highest BCUT2D eigenvalue weighted by molar-refractivity contribution is 14.0. The largest absolute Gasteiger partial charge is 0.355 e. The number of hydrogen-bond acceptors (Lipinski definition) is 4. The van der Waals surface area contributed by atoms with Crippen molar-refractivity contribution in [2.24, 2.45) is 4.99 Å². The van der Waals surface area contributed by atoms with Crippen LogP contribution in [-0.4, -0.2) is 58.0 Å². The Morgan fingerprint density at radius 1 is 1.35 bits per heavy atom. The molecule has 0 radical (unpaired) electrons. The second kappa shape index (κ2) is 10.8. The van der Waals surface area contributed by atoms with Gasteiger partial charge in [-0.25, -0.2) is 4.98 Å². The number of H-pyrrole nitrogens is 1. The van der Waals surface area contributed by atoms with Gasteiger partial charge in [-0.1, -0.05) is 25.1 Å². The molecule has 1 aliphatic heterocycles. The van der Waals surface area contributed by atoms with Gasteiger partial charge >= 0.3 is 0 Å². The Kier molecular flexibility index (Phi) is 8.70. The molecule has 26 heavy (non-hydrogen) atoms. The third-order valence-electron chi connectivity index (χ3n) is 4.45. The lowest BCUT2D eigenvalue weighted by atomic mass is 9.96. The van der Waals surface area contributed by atoms with Crippen molar-refractivity contribution in [3.8, 4) is 0 Å². The van der Waals surface area contributed by atoms with Gasteiger partial charge in [0.1, 0.15) is 12.2 Å². The lowest BCUT2D eigenvalue weighted by Crippen LogP contribution is -2.46. The number of halogens is 1. The molecule has 0 spiro atoms. The quantitative estimate of drug-likeness (QED) is 0.294. The van der Waals surface area contributed by atoms with Crippen LogP contribution in [0.5, 0.6) is 0 Å². The van der Waals surface area contributed by atoms with Gasteiger partial charge in [0.25, 0.3) is 0 Å². The monoisotopic (exact) mass is 486 g/mol. The summed E-state index contributed by atoms with van der Waals surface area (Å²) in [5, 5.41) is 11.0. The van der Waals surface area contributed by atoms with Crippen LogP contribution >= 0.6 is 35.7 Å². The van der Waals surface area contributed by atoms with E-state index in [1.807, 2.05) is 18.8 Å². The Hall–Kier alpha value is -1.29. The van der Waals surface area contributed by atoms with Crippen LogP contribution in [0, 0.1) is 0 Å². The Morgan fingerprint density at radius 3 is 2.69 bits per heavy atom. The highest BCUT2D eigenvalue weighted by Crippen LogP contribution is 2.25. The van der Waals surface area contributed by atoms with Crippen molar-refractivity contribution in [1.82, 2.24) is 25.4 Å². The van der Waals surface area contributed by atoms with E-state index in [4.69, 9.17) is 0 Å². The minimum atomic E-state index is 0. The van der Waals surface area contributed by atoms with Gasteiger partial charge in [0, 0.05) is 42.7 Å². The Labute approximate surface area is 176 Å². The molecule has 0 aliphatic carbocycles. The average molecular weight is 486 g/mol. The van der Waals surface area contributed by atoms with Crippen LogP contribution in [0.3, 0.4) is 0 Å². The van der Waals surface area contributed by atoms with E-state index >= 15 is 0 Å². The van der Waals surface area contributed by atoms with Crippen LogP contribution in [0.25, 0.3) is 0 Å². The molecule has 3 rings (SSSR count). The third kappa shape index (κ3) is 5.87. The first kappa shape index (κ1) is 21.0. The van der Waals surface area contributed by atoms with E-state index in [0.29, 0.717) is 11.2 Å². The Balaban J connectivity index is 0.00000243. The zero-order chi connectivity index (χ0) is 17.5. The molecule has 1 aromatic heterocycles. The molecular formula is C18H27IN6S. The summed E-state index contributed by atoms with van der Waals surface area (Å²) < 4.78 is 0. The number of guanidine groups is 1. The van der Waals surface area contributed by atoms with E-state index in [-0.39, 0.29) is 24.0 Å². The van der Waals surface area contributed by atoms with Crippen LogP contribution < -0.4 is 5.32 Å². The summed E-state index contributed by atoms with van der Waals surface area (Å²) in [5.41, 5.74) is 0. The average Bonchev–Trinajstić information content (AvgIpc) is 3.18. The molecule has 2 N–H and O–H groups in total. The normalized spacial score (nSPS) is 16.8. The zero-order valence-electron chi connectivity index (χ0n) is 15.3. The van der Waals surface area contributed by atoms with Gasteiger partial charge in [-0.05, 0) is 25.0 Å². The number of nitrogens with one attached hydrogen (secondary N) is 2. The van der Waals surface area contributed by atoms with E-state index in [2.05, 4.69) is 67.6 Å². The van der Waals surface area contributed by atoms with Crippen molar-refractivity contribution in [1.29, 1.82) is 0 Å². The maximum atomic E-state index is 4.46. The van der Waals surface area contributed by atoms with Crippen LogP contribution in [0.1, 0.15) is 31.5 Å². The van der Waals surface area contributed by atoms with Gasteiger partial charge in [0.15, 0.2) is 5.96 Å². The van der Waals surface area contributed by atoms with E-state index in [1.54, 1.807) is 6.33 Å². The van der Waals surface area contributed by atoms with Gasteiger partial charge in [-0.3, -0.25) is 10.1 Å². The first-order valence-electron chi connectivity index (χ1n) is 8.79. The van der Waals surface area contributed by atoms with Gasteiger partial charge in [-0.2, -0.15) is 5.10 Å². The van der Waals surface area contributed by atoms with E-state index in [9.17, 15) is 0 Å². The number of hydrogen-bond donors (Lipinski definition) is 2. The summed E-state index contributed by atoms with van der Waals surface area (Å²) in [7, 11) is 1.86. The smallest absolute Gasteiger partial charge is 0.193 e. The Bertz CT molecular complexity index is 656. The van der Waals surface area contributed by atoms with Crippen molar-refractivity contribution < 1.29 is 0 Å². The molecule has 2 heterocycles. The predicted octanol–water partition coefficient (Wildman–Crippen LogP) is 3.36. The van der Waals surface area contributed by atoms with Gasteiger partial charge in [0.05, 0.1) is 0 Å². The minimum Gasteiger partial charge on any atom is -0.355 e. The second-order valence-corrected chi connectivity index (χ2v) is 7.81. The number of aromatic nitrogens is 3. The summed E-state index contributed by atoms with van der Waals surface area (Å²) in [4.78, 5) is 12.4. The standard InChI is InChI=1S/C18H26N6S.HI/c1-14(25-16-6-4-3-5-7-16)12-20-18(19-2)24-10-8-15(9-11-24)17-21-13-22-23-17;/h3-7,13-15H,8-12H2,1-2H3,(H,19,20)(H,21,22,23);1H. The fourth-order valence-corrected chi connectivity index (χ4v) is 4.06. The van der Waals surface area contributed by atoms with Crippen molar-refractivity contribution in [2.75, 3.05) is 26.7 Å². The van der Waals surface area contributed by atoms with Crippen molar-refractivity contribution in [3.05, 3.63) is 42.5 Å². The highest BCUT2D eigenvalue weighted by atomic mass is 127. The number of rotatable bonds is 5. The Morgan fingerprint density at radius 2 is 2.08 bits per heavy atom. The topological polar surface area (TPSA) is 69.2 Å². The van der Waals surface area contributed by atoms with E-state index < -0.39 is 0 Å². The lowest BCUT2D eigenvalue weighted by molar-refractivity contribution is 0.299. The minimum absolute atomic E-state index is 0. The molecule has 0 amide bonds. The lowest BCUT2D eigenvalue weighted by Gasteiger charge is -2.33. The van der Waals surface area contributed by atoms with Crippen molar-refractivity contribution in [3.63, 3.8) is 0 Å². The van der Waals surface area contributed by atoms with E-state index in [1.165, 1.54) is 4.90 Å². The maximum Gasteiger partial charge on any atom is 0.193 e. The second-order valence-electron chi connectivity index (χ2n) is 6.30. The fraction of sp³-hybridized carbons (Fsp3) is 0.500. The maximum absolute atomic E-state index is 4.46. The number of aromatic amines is 1. The first-order chi connectivity index (χ1) is 12.3. The number of benzene rings is 1. The van der Waals surface area contributed by atoms with Gasteiger partial charge < -0.3 is 10.2 Å². The number of thioether (sulfide) groups is 1. The molecule has 8 heteroatoms. The number of piperidine rings is 1. The molecule has 1 unspecified atom stereocenters. The first-order valence-corrected chi connectivity index (χ1v) is 9.66. The molecule has 0 saturated carbocycles. The van der Waals surface area contributed by atoms with Crippen molar-refractivity contribution >= 4 is 41.7 Å². The summed E-state index contributed by atoms with van der Waals surface area (Å²) in [6.45, 7) is 5.12. The SMILES string of the molecule is CN=C(NCC(C)Sc1ccccc1)N1CCC(c2ncn[nH]2)CC1.I. The molecule has 1 fully saturated rings. The third-order valence-corrected chi connectivity index (χ3v) is 5.57. The van der Waals surface area contributed by atoms with Crippen LogP contribution in [-0.2, 0) is 0 Å². The predicted molar refractivity (Wildman–Crippen MR) is 118 cm³/mol. The number of nitrogens with zero attached hydrogens (tertiary/aromatic N) is 4. The molecule has 1 atom stereocenters. The van der Waals surface area contributed by atoms with Gasteiger partial charge in [-0.15, -0.1) is 35.7 Å². The molecule has 6 nitrogen and oxygen atoms in total. The summed E-state index contributed by atoms with van der Waals surface area (Å²) in [6.07, 6.45) is 3.74. The molecule has 142 valence electrons. The van der Waals surface area contributed by atoms with Crippen LogP contribution in [0.15, 0.2) is 46.5 Å². The zero-order valence-corrected chi connectivity index (χ0v) is 18.4. The molecular weight excluding hydrogens is 459 g/mol. The summed E-state index contributed by atoms with van der Waals surface area (Å²) in [6, 6.07) is 10.5. The molecule has 1 aromatic carbocycles. The highest BCUT2D eigenvalue weighted by Gasteiger charge is 2.24. The molecule has 1 saturated heterocycles. The number of likely N-dealkylation sites (tertiary alicyclic amines) is 1. The van der Waals surface area contributed by atoms with Gasteiger partial charge in [0.2, 0.25) is 0 Å². The fourth-order valence-electron chi connectivity index (χ4n) is 3.12. The molecule has 0 bridgehead atoms. The van der Waals surface area contributed by atoms with Crippen molar-refractivity contribution in [2.45, 2.75) is 35.8 Å².